The van der Waals surface area contributed by atoms with E-state index in [2.05, 4.69) is 4.74 Å². The lowest BCUT2D eigenvalue weighted by atomic mass is 10.0. The van der Waals surface area contributed by atoms with Crippen molar-refractivity contribution in [1.82, 2.24) is 4.57 Å². The van der Waals surface area contributed by atoms with Gasteiger partial charge in [0.15, 0.2) is 0 Å². The molecule has 0 saturated carbocycles. The van der Waals surface area contributed by atoms with Crippen molar-refractivity contribution >= 4 is 28.4 Å². The van der Waals surface area contributed by atoms with Crippen molar-refractivity contribution in [3.8, 4) is 0 Å². The number of ether oxygens (including phenoxy) is 1. The molecule has 0 unspecified atom stereocenters. The van der Waals surface area contributed by atoms with Crippen LogP contribution in [0.5, 0.6) is 0 Å². The first kappa shape index (κ1) is 17.5. The van der Waals surface area contributed by atoms with Crippen molar-refractivity contribution in [3.63, 3.8) is 0 Å². The van der Waals surface area contributed by atoms with Gasteiger partial charge in [0, 0.05) is 41.7 Å². The maximum atomic E-state index is 11.9. The van der Waals surface area contributed by atoms with Crippen molar-refractivity contribution in [2.75, 3.05) is 7.11 Å². The maximum absolute atomic E-state index is 11.9. The summed E-state index contributed by atoms with van der Waals surface area (Å²) in [5.41, 5.74) is 3.40. The second-order valence-electron chi connectivity index (χ2n) is 5.95. The van der Waals surface area contributed by atoms with Gasteiger partial charge in [-0.1, -0.05) is 48.5 Å². The van der Waals surface area contributed by atoms with Crippen LogP contribution < -0.4 is 0 Å². The molecule has 0 radical (unpaired) electrons. The number of aliphatic hydroxyl groups excluding tert-OH is 1. The molecule has 3 aromatic rings. The van der Waals surface area contributed by atoms with Gasteiger partial charge in [-0.2, -0.15) is 0 Å². The lowest BCUT2D eigenvalue weighted by Crippen LogP contribution is -2.13. The molecule has 5 nitrogen and oxygen atoms in total. The van der Waals surface area contributed by atoms with E-state index in [9.17, 15) is 14.7 Å². The van der Waals surface area contributed by atoms with Crippen molar-refractivity contribution in [1.29, 1.82) is 0 Å². The number of methoxy groups -OCH3 is 1. The topological polar surface area (TPSA) is 68.5 Å². The number of carbonyl (C=O) groups excluding carboxylic acids is 2. The number of aryl methyl sites for hydroxylation is 1. The van der Waals surface area contributed by atoms with Gasteiger partial charge in [0.25, 0.3) is 5.78 Å². The number of hydrogen-bond acceptors (Lipinski definition) is 4. The number of nitrogens with zero attached hydrogens (tertiary/aromatic N) is 1. The number of para-hydroxylation sites is 1. The molecule has 132 valence electrons. The van der Waals surface area contributed by atoms with Crippen LogP contribution in [0.25, 0.3) is 16.7 Å². The van der Waals surface area contributed by atoms with Gasteiger partial charge in [-0.3, -0.25) is 4.79 Å². The largest absolute Gasteiger partial charge is 0.507 e. The van der Waals surface area contributed by atoms with Gasteiger partial charge in [0.2, 0.25) is 0 Å². The minimum atomic E-state index is -1.01. The van der Waals surface area contributed by atoms with Gasteiger partial charge in [0.1, 0.15) is 5.76 Å². The van der Waals surface area contributed by atoms with E-state index in [0.717, 1.165) is 35.3 Å². The summed E-state index contributed by atoms with van der Waals surface area (Å²) in [6.45, 7) is 0. The van der Waals surface area contributed by atoms with E-state index in [1.165, 1.54) is 0 Å². The van der Waals surface area contributed by atoms with Crippen LogP contribution >= 0.6 is 0 Å². The second-order valence-corrected chi connectivity index (χ2v) is 5.95. The van der Waals surface area contributed by atoms with Crippen molar-refractivity contribution in [2.45, 2.75) is 6.42 Å². The fraction of sp³-hybridized carbons (Fsp3) is 0.143. The average molecular weight is 349 g/mol. The number of benzene rings is 2. The smallest absolute Gasteiger partial charge is 0.378 e. The summed E-state index contributed by atoms with van der Waals surface area (Å²) in [5, 5.41) is 11.4. The molecule has 0 atom stereocenters. The Hall–Kier alpha value is -3.34. The number of esters is 1. The molecule has 26 heavy (non-hydrogen) atoms. The van der Waals surface area contributed by atoms with Crippen molar-refractivity contribution in [2.24, 2.45) is 7.05 Å². The highest BCUT2D eigenvalue weighted by atomic mass is 16.5. The fourth-order valence-electron chi connectivity index (χ4n) is 3.08. The monoisotopic (exact) mass is 349 g/mol. The Bertz CT molecular complexity index is 1000. The third kappa shape index (κ3) is 3.24. The van der Waals surface area contributed by atoms with Crippen LogP contribution in [-0.4, -0.2) is 28.5 Å². The Morgan fingerprint density at radius 2 is 1.73 bits per heavy atom. The number of carbonyl (C=O) groups is 2. The third-order valence-corrected chi connectivity index (χ3v) is 4.35. The summed E-state index contributed by atoms with van der Waals surface area (Å²) in [6.07, 6.45) is 1.49. The van der Waals surface area contributed by atoms with Gasteiger partial charge in [0.05, 0.1) is 7.11 Å². The quantitative estimate of drug-likeness (QED) is 0.332. The number of ketones is 1. The van der Waals surface area contributed by atoms with E-state index in [0.29, 0.717) is 12.0 Å². The first-order valence-electron chi connectivity index (χ1n) is 8.16. The molecular formula is C21H19NO4. The molecule has 1 aromatic heterocycles. The van der Waals surface area contributed by atoms with Gasteiger partial charge >= 0.3 is 5.97 Å². The number of aliphatic hydroxyl groups is 1. The van der Waals surface area contributed by atoms with E-state index < -0.39 is 11.8 Å². The minimum absolute atomic E-state index is 0.247. The number of rotatable bonds is 5. The van der Waals surface area contributed by atoms with Gasteiger partial charge < -0.3 is 14.4 Å². The van der Waals surface area contributed by atoms with Crippen LogP contribution in [-0.2, 0) is 27.8 Å². The molecule has 3 rings (SSSR count). The molecular weight excluding hydrogens is 330 g/mol. The van der Waals surface area contributed by atoms with E-state index in [-0.39, 0.29) is 5.76 Å². The van der Waals surface area contributed by atoms with Crippen LogP contribution in [0.3, 0.4) is 0 Å². The van der Waals surface area contributed by atoms with Gasteiger partial charge in [-0.25, -0.2) is 4.79 Å². The molecule has 0 spiro atoms. The summed E-state index contributed by atoms with van der Waals surface area (Å²) < 4.78 is 6.41. The fourth-order valence-corrected chi connectivity index (χ4v) is 3.08. The summed E-state index contributed by atoms with van der Waals surface area (Å²) in [4.78, 5) is 23.2. The van der Waals surface area contributed by atoms with Crippen LogP contribution in [0, 0.1) is 0 Å². The summed E-state index contributed by atoms with van der Waals surface area (Å²) in [5.74, 6) is -2.16. The Kier molecular flexibility index (Phi) is 4.89. The standard InChI is InChI=1S/C21H19NO4/c1-22-16-11-7-6-10-15(16)20(18(23)13-19(24)21(25)26-2)17(22)12-14-8-4-3-5-9-14/h3-11,13,23H,12H2,1-2H3. The number of fused-ring (bicyclic) bond motifs is 1. The zero-order valence-corrected chi connectivity index (χ0v) is 14.6. The maximum Gasteiger partial charge on any atom is 0.378 e. The van der Waals surface area contributed by atoms with E-state index >= 15 is 0 Å². The zero-order valence-electron chi connectivity index (χ0n) is 14.6. The predicted octanol–water partition coefficient (Wildman–Crippen LogP) is 3.41. The normalized spacial score (nSPS) is 11.5. The summed E-state index contributed by atoms with van der Waals surface area (Å²) in [7, 11) is 3.05. The molecule has 2 aromatic carbocycles. The van der Waals surface area contributed by atoms with Crippen LogP contribution in [0.2, 0.25) is 0 Å². The Morgan fingerprint density at radius 3 is 2.42 bits per heavy atom. The minimum Gasteiger partial charge on any atom is -0.507 e. The molecule has 1 heterocycles. The molecule has 5 heteroatoms. The van der Waals surface area contributed by atoms with E-state index in [4.69, 9.17) is 0 Å². The molecule has 0 aliphatic rings. The van der Waals surface area contributed by atoms with E-state index in [1.807, 2.05) is 66.2 Å². The zero-order chi connectivity index (χ0) is 18.7. The highest BCUT2D eigenvalue weighted by Gasteiger charge is 2.20. The first-order valence-corrected chi connectivity index (χ1v) is 8.16. The molecule has 0 amide bonds. The average Bonchev–Trinajstić information content (AvgIpc) is 2.94. The predicted molar refractivity (Wildman–Crippen MR) is 99.8 cm³/mol. The summed E-state index contributed by atoms with van der Waals surface area (Å²) in [6, 6.07) is 17.5. The van der Waals surface area contributed by atoms with Crippen LogP contribution in [0.4, 0.5) is 0 Å². The van der Waals surface area contributed by atoms with E-state index in [1.54, 1.807) is 0 Å². The SMILES string of the molecule is COC(=O)C(=O)C=C(O)c1c(Cc2ccccc2)n(C)c2ccccc12. The summed E-state index contributed by atoms with van der Waals surface area (Å²) >= 11 is 0. The third-order valence-electron chi connectivity index (χ3n) is 4.35. The Balaban J connectivity index is 2.16. The lowest BCUT2D eigenvalue weighted by Gasteiger charge is -2.08. The molecule has 0 aliphatic carbocycles. The highest BCUT2D eigenvalue weighted by molar-refractivity contribution is 6.39. The Labute approximate surface area is 151 Å². The van der Waals surface area contributed by atoms with Crippen molar-refractivity contribution in [3.05, 3.63) is 77.5 Å². The van der Waals surface area contributed by atoms with Crippen LogP contribution in [0.1, 0.15) is 16.8 Å². The first-order chi connectivity index (χ1) is 12.5. The van der Waals surface area contributed by atoms with Crippen molar-refractivity contribution < 1.29 is 19.4 Å². The highest BCUT2D eigenvalue weighted by Crippen LogP contribution is 2.31. The van der Waals surface area contributed by atoms with Gasteiger partial charge in [-0.05, 0) is 11.6 Å². The molecule has 0 aliphatic heterocycles. The molecule has 0 saturated heterocycles. The molecule has 0 bridgehead atoms. The number of hydrogen-bond donors (Lipinski definition) is 1. The molecule has 1 N–H and O–H groups in total. The van der Waals surface area contributed by atoms with Gasteiger partial charge in [-0.15, -0.1) is 0 Å². The Morgan fingerprint density at radius 1 is 1.08 bits per heavy atom. The lowest BCUT2D eigenvalue weighted by molar-refractivity contribution is -0.149. The van der Waals surface area contributed by atoms with Crippen LogP contribution in [0.15, 0.2) is 60.7 Å². The molecule has 0 fully saturated rings. The second kappa shape index (κ2) is 7.27. The number of aromatic nitrogens is 1.